The van der Waals surface area contributed by atoms with Gasteiger partial charge in [0.15, 0.2) is 0 Å². The molecule has 2 rings (SSSR count). The first-order valence-corrected chi connectivity index (χ1v) is 8.34. The van der Waals surface area contributed by atoms with Gasteiger partial charge in [-0.3, -0.25) is 0 Å². The van der Waals surface area contributed by atoms with Crippen molar-refractivity contribution in [2.45, 2.75) is 44.2 Å². The van der Waals surface area contributed by atoms with Crippen molar-refractivity contribution in [3.63, 3.8) is 0 Å². The third-order valence-corrected chi connectivity index (χ3v) is 5.60. The second-order valence-electron chi connectivity index (χ2n) is 5.35. The van der Waals surface area contributed by atoms with E-state index in [4.69, 9.17) is 10.2 Å². The molecule has 1 fully saturated rings. The van der Waals surface area contributed by atoms with E-state index in [1.165, 1.54) is 0 Å². The Kier molecular flexibility index (Phi) is 4.53. The SMILES string of the molecule is Cc1oc(C)c(S(=O)(=O)NCC2CCCN2C)c1CN. The molecule has 1 aromatic heterocycles. The molecule has 0 bridgehead atoms. The van der Waals surface area contributed by atoms with Gasteiger partial charge in [-0.15, -0.1) is 0 Å². The minimum Gasteiger partial charge on any atom is -0.465 e. The predicted octanol–water partition coefficient (Wildman–Crippen LogP) is 0.728. The third kappa shape index (κ3) is 2.90. The average Bonchev–Trinajstić information content (AvgIpc) is 2.90. The Balaban J connectivity index is 2.18. The van der Waals surface area contributed by atoms with Crippen LogP contribution >= 0.6 is 0 Å². The van der Waals surface area contributed by atoms with Gasteiger partial charge in [0.25, 0.3) is 0 Å². The smallest absolute Gasteiger partial charge is 0.244 e. The van der Waals surface area contributed by atoms with E-state index in [9.17, 15) is 8.42 Å². The minimum atomic E-state index is -3.57. The topological polar surface area (TPSA) is 88.6 Å². The molecule has 1 aliphatic heterocycles. The maximum atomic E-state index is 12.5. The van der Waals surface area contributed by atoms with E-state index in [2.05, 4.69) is 9.62 Å². The molecule has 0 radical (unpaired) electrons. The molecule has 0 saturated carbocycles. The van der Waals surface area contributed by atoms with Gasteiger partial charge in [-0.25, -0.2) is 13.1 Å². The number of nitrogens with two attached hydrogens (primary N) is 1. The lowest BCUT2D eigenvalue weighted by Crippen LogP contribution is -2.38. The number of nitrogens with one attached hydrogen (secondary N) is 1. The molecule has 0 aromatic carbocycles. The van der Waals surface area contributed by atoms with Crippen LogP contribution in [0.4, 0.5) is 0 Å². The molecule has 1 unspecified atom stereocenters. The van der Waals surface area contributed by atoms with Gasteiger partial charge >= 0.3 is 0 Å². The van der Waals surface area contributed by atoms with Gasteiger partial charge < -0.3 is 15.1 Å². The van der Waals surface area contributed by atoms with Gasteiger partial charge in [-0.2, -0.15) is 0 Å². The van der Waals surface area contributed by atoms with Gasteiger partial charge in [-0.05, 0) is 40.3 Å². The molecule has 6 nitrogen and oxygen atoms in total. The van der Waals surface area contributed by atoms with Gasteiger partial charge in [-0.1, -0.05) is 0 Å². The van der Waals surface area contributed by atoms with Crippen LogP contribution in [0.3, 0.4) is 0 Å². The summed E-state index contributed by atoms with van der Waals surface area (Å²) >= 11 is 0. The zero-order chi connectivity index (χ0) is 14.9. The molecule has 1 saturated heterocycles. The molecule has 3 N–H and O–H groups in total. The van der Waals surface area contributed by atoms with Crippen LogP contribution in [0.5, 0.6) is 0 Å². The predicted molar refractivity (Wildman–Crippen MR) is 76.9 cm³/mol. The molecule has 1 aliphatic rings. The number of hydrogen-bond acceptors (Lipinski definition) is 5. The fourth-order valence-corrected chi connectivity index (χ4v) is 4.34. The second kappa shape index (κ2) is 5.85. The summed E-state index contributed by atoms with van der Waals surface area (Å²) in [6.07, 6.45) is 2.13. The van der Waals surface area contributed by atoms with E-state index >= 15 is 0 Å². The standard InChI is InChI=1S/C13H23N3O3S/c1-9-12(7-14)13(10(2)19-9)20(17,18)15-8-11-5-4-6-16(11)3/h11,15H,4-8,14H2,1-3H3. The maximum Gasteiger partial charge on any atom is 0.244 e. The van der Waals surface area contributed by atoms with E-state index in [1.807, 2.05) is 7.05 Å². The molecule has 114 valence electrons. The molecule has 0 spiro atoms. The zero-order valence-corrected chi connectivity index (χ0v) is 13.1. The Morgan fingerprint density at radius 1 is 1.40 bits per heavy atom. The van der Waals surface area contributed by atoms with Crippen molar-refractivity contribution in [2.75, 3.05) is 20.1 Å². The van der Waals surface area contributed by atoms with Crippen LogP contribution in [0.1, 0.15) is 29.9 Å². The number of furan rings is 1. The Labute approximate surface area is 120 Å². The highest BCUT2D eigenvalue weighted by Crippen LogP contribution is 2.26. The summed E-state index contributed by atoms with van der Waals surface area (Å²) in [4.78, 5) is 2.39. The fourth-order valence-electron chi connectivity index (χ4n) is 2.81. The van der Waals surface area contributed by atoms with Gasteiger partial charge in [0, 0.05) is 24.7 Å². The fraction of sp³-hybridized carbons (Fsp3) is 0.692. The Morgan fingerprint density at radius 3 is 2.65 bits per heavy atom. The van der Waals surface area contributed by atoms with E-state index in [1.54, 1.807) is 13.8 Å². The Bertz CT molecular complexity index is 580. The van der Waals surface area contributed by atoms with Crippen molar-refractivity contribution in [1.29, 1.82) is 0 Å². The molecule has 2 heterocycles. The van der Waals surface area contributed by atoms with Crippen LogP contribution in [-0.2, 0) is 16.6 Å². The van der Waals surface area contributed by atoms with Crippen molar-refractivity contribution in [2.24, 2.45) is 5.73 Å². The van der Waals surface area contributed by atoms with E-state index in [0.717, 1.165) is 19.4 Å². The number of likely N-dealkylation sites (tertiary alicyclic amines) is 1. The number of likely N-dealkylation sites (N-methyl/N-ethyl adjacent to an activating group) is 1. The van der Waals surface area contributed by atoms with Crippen molar-refractivity contribution >= 4 is 10.0 Å². The quantitative estimate of drug-likeness (QED) is 0.837. The van der Waals surface area contributed by atoms with E-state index < -0.39 is 10.0 Å². The normalized spacial score (nSPS) is 20.7. The van der Waals surface area contributed by atoms with Gasteiger partial charge in [0.05, 0.1) is 0 Å². The summed E-state index contributed by atoms with van der Waals surface area (Å²) in [7, 11) is -1.56. The van der Waals surface area contributed by atoms with Crippen LogP contribution in [0, 0.1) is 13.8 Å². The van der Waals surface area contributed by atoms with Crippen molar-refractivity contribution < 1.29 is 12.8 Å². The lowest BCUT2D eigenvalue weighted by molar-refractivity contribution is 0.310. The first-order chi connectivity index (χ1) is 9.36. The zero-order valence-electron chi connectivity index (χ0n) is 12.3. The van der Waals surface area contributed by atoms with Crippen LogP contribution in [0.15, 0.2) is 9.31 Å². The molecule has 7 heteroatoms. The summed E-state index contributed by atoms with van der Waals surface area (Å²) in [6, 6.07) is 0.263. The first kappa shape index (κ1) is 15.5. The van der Waals surface area contributed by atoms with Crippen molar-refractivity contribution in [3.05, 3.63) is 17.1 Å². The number of sulfonamides is 1. The third-order valence-electron chi connectivity index (χ3n) is 3.98. The Hall–Kier alpha value is -0.890. The first-order valence-electron chi connectivity index (χ1n) is 6.85. The molecular weight excluding hydrogens is 278 g/mol. The molecule has 1 atom stereocenters. The largest absolute Gasteiger partial charge is 0.465 e. The number of hydrogen-bond donors (Lipinski definition) is 2. The molecule has 0 aliphatic carbocycles. The summed E-state index contributed by atoms with van der Waals surface area (Å²) in [6.45, 7) is 4.99. The lowest BCUT2D eigenvalue weighted by Gasteiger charge is -2.19. The summed E-state index contributed by atoms with van der Waals surface area (Å²) in [5.74, 6) is 0.971. The highest BCUT2D eigenvalue weighted by atomic mass is 32.2. The van der Waals surface area contributed by atoms with Gasteiger partial charge in [0.1, 0.15) is 16.4 Å². The molecule has 0 amide bonds. The van der Waals surface area contributed by atoms with Gasteiger partial charge in [0.2, 0.25) is 10.0 Å². The molecule has 20 heavy (non-hydrogen) atoms. The van der Waals surface area contributed by atoms with Crippen LogP contribution < -0.4 is 10.5 Å². The number of aryl methyl sites for hydroxylation is 2. The Morgan fingerprint density at radius 2 is 2.10 bits per heavy atom. The molecule has 1 aromatic rings. The number of nitrogens with zero attached hydrogens (tertiary/aromatic N) is 1. The monoisotopic (exact) mass is 301 g/mol. The molecular formula is C13H23N3O3S. The van der Waals surface area contributed by atoms with Crippen LogP contribution in [0.25, 0.3) is 0 Å². The minimum absolute atomic E-state index is 0.156. The van der Waals surface area contributed by atoms with Crippen LogP contribution in [-0.4, -0.2) is 39.5 Å². The van der Waals surface area contributed by atoms with E-state index in [-0.39, 0.29) is 17.5 Å². The summed E-state index contributed by atoms with van der Waals surface area (Å²) < 4.78 is 33.0. The summed E-state index contributed by atoms with van der Waals surface area (Å²) in [5.41, 5.74) is 6.21. The van der Waals surface area contributed by atoms with E-state index in [0.29, 0.717) is 23.6 Å². The summed E-state index contributed by atoms with van der Waals surface area (Å²) in [5, 5.41) is 0. The van der Waals surface area contributed by atoms with Crippen LogP contribution in [0.2, 0.25) is 0 Å². The average molecular weight is 301 g/mol. The van der Waals surface area contributed by atoms with Crippen molar-refractivity contribution in [1.82, 2.24) is 9.62 Å². The highest BCUT2D eigenvalue weighted by molar-refractivity contribution is 7.89. The van der Waals surface area contributed by atoms with Crippen molar-refractivity contribution in [3.8, 4) is 0 Å². The lowest BCUT2D eigenvalue weighted by atomic mass is 10.2. The second-order valence-corrected chi connectivity index (χ2v) is 7.06. The maximum absolute atomic E-state index is 12.5. The number of rotatable bonds is 5. The highest BCUT2D eigenvalue weighted by Gasteiger charge is 2.28.